The molecule has 1 atom stereocenters. The molecule has 1 aliphatic rings. The predicted octanol–water partition coefficient (Wildman–Crippen LogP) is 3.98. The van der Waals surface area contributed by atoms with Gasteiger partial charge in [0.15, 0.2) is 4.80 Å². The van der Waals surface area contributed by atoms with Crippen LogP contribution in [0.4, 0.5) is 0 Å². The number of carbonyl (C=O) groups excluding carboxylic acids is 1. The zero-order valence-electron chi connectivity index (χ0n) is 21.8. The molecule has 0 amide bonds. The Balaban J connectivity index is 1.93. The van der Waals surface area contributed by atoms with Gasteiger partial charge >= 0.3 is 5.97 Å². The number of esters is 1. The summed E-state index contributed by atoms with van der Waals surface area (Å²) < 4.78 is 24.9. The third-order valence-corrected chi connectivity index (χ3v) is 7.29. The second kappa shape index (κ2) is 12.1. The lowest BCUT2D eigenvalue weighted by Crippen LogP contribution is -2.40. The third-order valence-electron chi connectivity index (χ3n) is 5.82. The first-order valence-corrected chi connectivity index (χ1v) is 13.6. The van der Waals surface area contributed by atoms with E-state index >= 15 is 0 Å². The molecule has 0 saturated carbocycles. The van der Waals surface area contributed by atoms with Gasteiger partial charge in [0.2, 0.25) is 0 Å². The van der Waals surface area contributed by atoms with Gasteiger partial charge in [-0.2, -0.15) is 0 Å². The normalized spacial score (nSPS) is 15.3. The van der Waals surface area contributed by atoms with Crippen molar-refractivity contribution in [1.29, 1.82) is 0 Å². The maximum absolute atomic E-state index is 13.9. The fraction of sp³-hybridized carbons (Fsp3) is 0.321. The van der Waals surface area contributed by atoms with Crippen molar-refractivity contribution in [3.05, 3.63) is 89.0 Å². The summed E-state index contributed by atoms with van der Waals surface area (Å²) in [6, 6.07) is 12.2. The van der Waals surface area contributed by atoms with Crippen LogP contribution < -0.4 is 24.4 Å². The van der Waals surface area contributed by atoms with Crippen LogP contribution in [0.25, 0.3) is 6.08 Å². The number of benzene rings is 2. The molecule has 1 aromatic heterocycles. The number of thiazole rings is 1. The first-order chi connectivity index (χ1) is 18.2. The van der Waals surface area contributed by atoms with Crippen molar-refractivity contribution in [3.8, 4) is 11.5 Å². The Hall–Kier alpha value is -3.21. The van der Waals surface area contributed by atoms with Gasteiger partial charge in [0.05, 0.1) is 35.6 Å². The van der Waals surface area contributed by atoms with E-state index in [2.05, 4.69) is 20.9 Å². The number of aromatic nitrogens is 1. The molecule has 1 aliphatic heterocycles. The number of nitrogens with zero attached hydrogens (tertiary/aromatic N) is 2. The highest BCUT2D eigenvalue weighted by Gasteiger charge is 2.35. The van der Waals surface area contributed by atoms with Gasteiger partial charge in [-0.05, 0) is 51.1 Å². The van der Waals surface area contributed by atoms with Gasteiger partial charge in [-0.1, -0.05) is 45.5 Å². The van der Waals surface area contributed by atoms with Gasteiger partial charge in [0.1, 0.15) is 24.1 Å². The Labute approximate surface area is 233 Å². The van der Waals surface area contributed by atoms with Crippen molar-refractivity contribution in [2.24, 2.45) is 4.99 Å². The molecule has 0 radical (unpaired) electrons. The summed E-state index contributed by atoms with van der Waals surface area (Å²) in [6.45, 7) is 5.97. The summed E-state index contributed by atoms with van der Waals surface area (Å²) in [4.78, 5) is 32.4. The largest absolute Gasteiger partial charge is 0.496 e. The number of hydrogen-bond donors (Lipinski definition) is 0. The molecule has 200 valence electrons. The summed E-state index contributed by atoms with van der Waals surface area (Å²) in [6.07, 6.45) is 1.76. The average Bonchev–Trinajstić information content (AvgIpc) is 3.18. The smallest absolute Gasteiger partial charge is 0.338 e. The van der Waals surface area contributed by atoms with Crippen molar-refractivity contribution < 1.29 is 23.7 Å². The highest BCUT2D eigenvalue weighted by molar-refractivity contribution is 9.10. The number of para-hydroxylation sites is 1. The molecule has 2 heterocycles. The average molecular weight is 602 g/mol. The van der Waals surface area contributed by atoms with Gasteiger partial charge in [-0.3, -0.25) is 9.36 Å². The molecule has 0 spiro atoms. The Morgan fingerprint density at radius 3 is 2.63 bits per heavy atom. The molecular weight excluding hydrogens is 572 g/mol. The Kier molecular flexibility index (Phi) is 8.86. The second-order valence-corrected chi connectivity index (χ2v) is 10.7. The third kappa shape index (κ3) is 5.77. The van der Waals surface area contributed by atoms with Gasteiger partial charge in [0.25, 0.3) is 5.56 Å². The minimum absolute atomic E-state index is 0.0376. The lowest BCUT2D eigenvalue weighted by atomic mass is 9.95. The van der Waals surface area contributed by atoms with Crippen molar-refractivity contribution in [2.75, 3.05) is 27.4 Å². The Morgan fingerprint density at radius 2 is 1.92 bits per heavy atom. The molecule has 4 rings (SSSR count). The molecule has 1 unspecified atom stereocenters. The van der Waals surface area contributed by atoms with Gasteiger partial charge in [-0.15, -0.1) is 0 Å². The summed E-state index contributed by atoms with van der Waals surface area (Å²) in [5.41, 5.74) is 1.87. The number of hydrogen-bond acceptors (Lipinski definition) is 8. The first kappa shape index (κ1) is 27.8. The maximum Gasteiger partial charge on any atom is 0.338 e. The van der Waals surface area contributed by atoms with E-state index in [-0.39, 0.29) is 30.5 Å². The van der Waals surface area contributed by atoms with Gasteiger partial charge in [-0.25, -0.2) is 9.79 Å². The number of methoxy groups -OCH3 is 2. The van der Waals surface area contributed by atoms with E-state index in [1.54, 1.807) is 26.2 Å². The van der Waals surface area contributed by atoms with Crippen LogP contribution in [-0.4, -0.2) is 44.1 Å². The van der Waals surface area contributed by atoms with Crippen molar-refractivity contribution in [3.63, 3.8) is 0 Å². The molecular formula is C28H29BrN2O6S. The van der Waals surface area contributed by atoms with Crippen LogP contribution in [0.2, 0.25) is 0 Å². The molecule has 8 nitrogen and oxygen atoms in total. The van der Waals surface area contributed by atoms with Crippen LogP contribution in [-0.2, 0) is 14.3 Å². The molecule has 2 aromatic carbocycles. The number of ether oxygens (including phenoxy) is 4. The number of carbonyl (C=O) groups is 1. The zero-order valence-corrected chi connectivity index (χ0v) is 24.2. The number of halogens is 1. The Morgan fingerprint density at radius 1 is 1.16 bits per heavy atom. The number of fused-ring (bicyclic) bond motifs is 1. The van der Waals surface area contributed by atoms with Crippen LogP contribution in [0.15, 0.2) is 68.0 Å². The second-order valence-electron chi connectivity index (χ2n) is 8.80. The van der Waals surface area contributed by atoms with Crippen LogP contribution in [0.1, 0.15) is 37.9 Å². The minimum atomic E-state index is -0.784. The summed E-state index contributed by atoms with van der Waals surface area (Å²) in [7, 11) is 3.09. The van der Waals surface area contributed by atoms with Gasteiger partial charge < -0.3 is 18.9 Å². The molecule has 38 heavy (non-hydrogen) atoms. The molecule has 0 saturated heterocycles. The fourth-order valence-electron chi connectivity index (χ4n) is 4.20. The van der Waals surface area contributed by atoms with Crippen molar-refractivity contribution >= 4 is 39.3 Å². The summed E-state index contributed by atoms with van der Waals surface area (Å²) in [5.74, 6) is 0.644. The van der Waals surface area contributed by atoms with Crippen molar-refractivity contribution in [2.45, 2.75) is 32.9 Å². The minimum Gasteiger partial charge on any atom is -0.496 e. The molecule has 10 heteroatoms. The van der Waals surface area contributed by atoms with E-state index in [4.69, 9.17) is 18.9 Å². The van der Waals surface area contributed by atoms with E-state index in [1.807, 2.05) is 50.2 Å². The molecule has 3 aromatic rings. The molecule has 0 aliphatic carbocycles. The topological polar surface area (TPSA) is 88.4 Å². The van der Waals surface area contributed by atoms with E-state index < -0.39 is 12.0 Å². The summed E-state index contributed by atoms with van der Waals surface area (Å²) >= 11 is 4.76. The highest BCUT2D eigenvalue weighted by Crippen LogP contribution is 2.35. The highest BCUT2D eigenvalue weighted by atomic mass is 79.9. The van der Waals surface area contributed by atoms with E-state index in [9.17, 15) is 9.59 Å². The van der Waals surface area contributed by atoms with Crippen LogP contribution in [0.3, 0.4) is 0 Å². The number of allylic oxidation sites excluding steroid dienone is 1. The maximum atomic E-state index is 13.9. The number of rotatable bonds is 9. The lowest BCUT2D eigenvalue weighted by molar-refractivity contribution is -0.140. The van der Waals surface area contributed by atoms with E-state index in [0.717, 1.165) is 10.0 Å². The van der Waals surface area contributed by atoms with Crippen LogP contribution >= 0.6 is 27.3 Å². The monoisotopic (exact) mass is 600 g/mol. The van der Waals surface area contributed by atoms with Crippen molar-refractivity contribution in [1.82, 2.24) is 4.57 Å². The standard InChI is InChI=1S/C28H29BrN2O6S/c1-16(2)37-21-11-10-19(29)14-18(21)15-23-26(32)31-25(20-8-6-7-9-22(20)35-5)24(17(3)30-28(31)38-23)27(33)36-13-12-34-4/h6-11,14-16,25H,12-13H2,1-5H3. The van der Waals surface area contributed by atoms with Gasteiger partial charge in [0, 0.05) is 22.7 Å². The summed E-state index contributed by atoms with van der Waals surface area (Å²) in [5, 5.41) is 0. The fourth-order valence-corrected chi connectivity index (χ4v) is 5.62. The van der Waals surface area contributed by atoms with E-state index in [0.29, 0.717) is 32.1 Å². The lowest BCUT2D eigenvalue weighted by Gasteiger charge is -2.26. The molecule has 0 fully saturated rings. The van der Waals surface area contributed by atoms with E-state index in [1.165, 1.54) is 23.0 Å². The first-order valence-electron chi connectivity index (χ1n) is 12.0. The zero-order chi connectivity index (χ0) is 27.4. The molecule has 0 bridgehead atoms. The SMILES string of the molecule is COCCOC(=O)C1=C(C)N=c2sc(=Cc3cc(Br)ccc3OC(C)C)c(=O)n2C1c1ccccc1OC. The van der Waals surface area contributed by atoms with Crippen LogP contribution in [0, 0.1) is 0 Å². The molecule has 0 N–H and O–H groups in total. The van der Waals surface area contributed by atoms with Crippen LogP contribution in [0.5, 0.6) is 11.5 Å². The Bertz CT molecular complexity index is 1560. The predicted molar refractivity (Wildman–Crippen MR) is 150 cm³/mol. The quantitative estimate of drug-likeness (QED) is 0.273.